The molecule has 0 spiro atoms. The van der Waals surface area contributed by atoms with Gasteiger partial charge < -0.3 is 5.11 Å². The summed E-state index contributed by atoms with van der Waals surface area (Å²) in [6.45, 7) is 0.389. The van der Waals surface area contributed by atoms with Gasteiger partial charge in [0, 0.05) is 24.2 Å². The Morgan fingerprint density at radius 2 is 2.30 bits per heavy atom. The van der Waals surface area contributed by atoms with Crippen LogP contribution in [-0.2, 0) is 11.3 Å². The molecule has 1 N–H and O–H groups in total. The first kappa shape index (κ1) is 13.1. The summed E-state index contributed by atoms with van der Waals surface area (Å²) in [4.78, 5) is 13.3. The lowest BCUT2D eigenvalue weighted by Crippen LogP contribution is -2.32. The Kier molecular flexibility index (Phi) is 3.19. The largest absolute Gasteiger partial charge is 0.481 e. The molecule has 0 aliphatic carbocycles. The summed E-state index contributed by atoms with van der Waals surface area (Å²) < 4.78 is 14.1. The van der Waals surface area contributed by atoms with Gasteiger partial charge in [-0.15, -0.1) is 0 Å². The van der Waals surface area contributed by atoms with Gasteiger partial charge in [0.05, 0.1) is 11.5 Å². The van der Waals surface area contributed by atoms with E-state index in [0.717, 1.165) is 12.8 Å². The molecule has 2 heterocycles. The predicted molar refractivity (Wildman–Crippen MR) is 69.2 cm³/mol. The van der Waals surface area contributed by atoms with Crippen LogP contribution in [0.15, 0.2) is 18.2 Å². The summed E-state index contributed by atoms with van der Waals surface area (Å²) in [6.07, 6.45) is 2.49. The van der Waals surface area contributed by atoms with Gasteiger partial charge in [0.2, 0.25) is 0 Å². The quantitative estimate of drug-likeness (QED) is 0.917. The third-order valence-corrected chi connectivity index (χ3v) is 4.55. The zero-order chi connectivity index (χ0) is 14.3. The van der Waals surface area contributed by atoms with Gasteiger partial charge in [-0.25, -0.2) is 4.39 Å². The molecule has 1 aromatic rings. The second kappa shape index (κ2) is 4.88. The van der Waals surface area contributed by atoms with E-state index in [2.05, 4.69) is 4.90 Å². The highest BCUT2D eigenvalue weighted by Crippen LogP contribution is 2.42. The standard InChI is InChI=1S/C15H15FN2O2/c16-14-9(7-17)2-1-3-10(14)8-18-11-4-5-13(18)12(6-11)15(19)20/h1-3,11-13H,4-6,8H2,(H,19,20). The van der Waals surface area contributed by atoms with Crippen LogP contribution in [0.1, 0.15) is 30.4 Å². The monoisotopic (exact) mass is 274 g/mol. The number of carboxylic acids is 1. The minimum absolute atomic E-state index is 0.00245. The lowest BCUT2D eigenvalue weighted by molar-refractivity contribution is -0.142. The van der Waals surface area contributed by atoms with Crippen LogP contribution in [0.4, 0.5) is 4.39 Å². The molecule has 104 valence electrons. The maximum Gasteiger partial charge on any atom is 0.308 e. The molecular formula is C15H15FN2O2. The van der Waals surface area contributed by atoms with E-state index in [4.69, 9.17) is 5.26 Å². The molecule has 2 aliphatic heterocycles. The first-order chi connectivity index (χ1) is 9.61. The van der Waals surface area contributed by atoms with Gasteiger partial charge in [-0.2, -0.15) is 5.26 Å². The summed E-state index contributed by atoms with van der Waals surface area (Å²) >= 11 is 0. The zero-order valence-electron chi connectivity index (χ0n) is 10.9. The number of fused-ring (bicyclic) bond motifs is 2. The molecular weight excluding hydrogens is 259 g/mol. The Balaban J connectivity index is 1.83. The van der Waals surface area contributed by atoms with Crippen molar-refractivity contribution < 1.29 is 14.3 Å². The van der Waals surface area contributed by atoms with E-state index in [1.54, 1.807) is 12.1 Å². The molecule has 2 saturated heterocycles. The van der Waals surface area contributed by atoms with E-state index < -0.39 is 11.8 Å². The Morgan fingerprint density at radius 1 is 1.50 bits per heavy atom. The zero-order valence-corrected chi connectivity index (χ0v) is 10.9. The summed E-state index contributed by atoms with van der Waals surface area (Å²) in [5.74, 6) is -1.57. The van der Waals surface area contributed by atoms with Crippen LogP contribution in [0.5, 0.6) is 0 Å². The molecule has 2 bridgehead atoms. The topological polar surface area (TPSA) is 64.3 Å². The Morgan fingerprint density at radius 3 is 2.95 bits per heavy atom. The summed E-state index contributed by atoms with van der Waals surface area (Å²) in [6, 6.07) is 6.86. The van der Waals surface area contributed by atoms with E-state index in [-0.39, 0.29) is 23.6 Å². The van der Waals surface area contributed by atoms with Crippen LogP contribution in [0.25, 0.3) is 0 Å². The fraction of sp³-hybridized carbons (Fsp3) is 0.467. The average molecular weight is 274 g/mol. The van der Waals surface area contributed by atoms with Crippen LogP contribution < -0.4 is 0 Å². The van der Waals surface area contributed by atoms with Gasteiger partial charge in [0.25, 0.3) is 0 Å². The number of hydrogen-bond acceptors (Lipinski definition) is 3. The number of hydrogen-bond donors (Lipinski definition) is 1. The summed E-state index contributed by atoms with van der Waals surface area (Å²) in [7, 11) is 0. The molecule has 3 unspecified atom stereocenters. The van der Waals surface area contributed by atoms with Crippen molar-refractivity contribution in [1.82, 2.24) is 4.90 Å². The molecule has 0 radical (unpaired) electrons. The lowest BCUT2D eigenvalue weighted by Gasteiger charge is -2.23. The number of benzene rings is 1. The first-order valence-electron chi connectivity index (χ1n) is 6.78. The highest BCUT2D eigenvalue weighted by atomic mass is 19.1. The average Bonchev–Trinajstić information content (AvgIpc) is 2.98. The van der Waals surface area contributed by atoms with Crippen LogP contribution in [0.3, 0.4) is 0 Å². The molecule has 4 nitrogen and oxygen atoms in total. The lowest BCUT2D eigenvalue weighted by atomic mass is 9.89. The van der Waals surface area contributed by atoms with Gasteiger partial charge in [0.15, 0.2) is 0 Å². The Labute approximate surface area is 116 Å². The highest BCUT2D eigenvalue weighted by Gasteiger charge is 2.49. The Hall–Kier alpha value is -1.93. The van der Waals surface area contributed by atoms with Gasteiger partial charge in [0.1, 0.15) is 11.9 Å². The molecule has 1 aromatic carbocycles. The van der Waals surface area contributed by atoms with Crippen molar-refractivity contribution in [2.45, 2.75) is 37.9 Å². The molecule has 5 heteroatoms. The predicted octanol–water partition coefficient (Wildman–Crippen LogP) is 2.13. The normalized spacial score (nSPS) is 28.5. The number of carbonyl (C=O) groups is 1. The molecule has 3 atom stereocenters. The fourth-order valence-corrected chi connectivity index (χ4v) is 3.60. The second-order valence-electron chi connectivity index (χ2n) is 5.54. The van der Waals surface area contributed by atoms with Gasteiger partial charge in [-0.1, -0.05) is 12.1 Å². The van der Waals surface area contributed by atoms with Crippen molar-refractivity contribution >= 4 is 5.97 Å². The summed E-state index contributed by atoms with van der Waals surface area (Å²) in [5, 5.41) is 18.1. The maximum atomic E-state index is 14.1. The number of aliphatic carboxylic acids is 1. The molecule has 2 fully saturated rings. The van der Waals surface area contributed by atoms with E-state index in [0.29, 0.717) is 18.5 Å². The fourth-order valence-electron chi connectivity index (χ4n) is 3.60. The number of carboxylic acid groups (broad SMARTS) is 1. The van der Waals surface area contributed by atoms with Crippen molar-refractivity contribution in [3.8, 4) is 6.07 Å². The molecule has 3 rings (SSSR count). The minimum atomic E-state index is -0.756. The van der Waals surface area contributed by atoms with Crippen molar-refractivity contribution in [1.29, 1.82) is 5.26 Å². The van der Waals surface area contributed by atoms with Crippen LogP contribution in [0, 0.1) is 23.1 Å². The smallest absolute Gasteiger partial charge is 0.308 e. The SMILES string of the molecule is N#Cc1cccc(CN2C3CCC2C(C(=O)O)C3)c1F. The number of nitrogens with zero attached hydrogens (tertiary/aromatic N) is 2. The first-order valence-corrected chi connectivity index (χ1v) is 6.78. The third-order valence-electron chi connectivity index (χ3n) is 4.55. The molecule has 2 aliphatic rings. The molecule has 0 saturated carbocycles. The van der Waals surface area contributed by atoms with Crippen LogP contribution in [0.2, 0.25) is 0 Å². The van der Waals surface area contributed by atoms with Crippen LogP contribution >= 0.6 is 0 Å². The highest BCUT2D eigenvalue weighted by molar-refractivity contribution is 5.71. The van der Waals surface area contributed by atoms with Crippen molar-refractivity contribution in [3.05, 3.63) is 35.1 Å². The van der Waals surface area contributed by atoms with E-state index in [1.165, 1.54) is 6.07 Å². The van der Waals surface area contributed by atoms with E-state index >= 15 is 0 Å². The van der Waals surface area contributed by atoms with Crippen molar-refractivity contribution in [2.24, 2.45) is 5.92 Å². The van der Waals surface area contributed by atoms with Gasteiger partial charge in [-0.05, 0) is 25.3 Å². The van der Waals surface area contributed by atoms with Gasteiger partial charge in [-0.3, -0.25) is 9.69 Å². The third kappa shape index (κ3) is 1.97. The minimum Gasteiger partial charge on any atom is -0.481 e. The molecule has 0 aromatic heterocycles. The second-order valence-corrected chi connectivity index (χ2v) is 5.54. The van der Waals surface area contributed by atoms with E-state index in [9.17, 15) is 14.3 Å². The number of halogens is 1. The van der Waals surface area contributed by atoms with Crippen LogP contribution in [-0.4, -0.2) is 28.1 Å². The van der Waals surface area contributed by atoms with Crippen molar-refractivity contribution in [2.75, 3.05) is 0 Å². The maximum absolute atomic E-state index is 14.1. The number of rotatable bonds is 3. The molecule has 0 amide bonds. The van der Waals surface area contributed by atoms with Gasteiger partial charge >= 0.3 is 5.97 Å². The van der Waals surface area contributed by atoms with Crippen molar-refractivity contribution in [3.63, 3.8) is 0 Å². The Bertz CT molecular complexity index is 596. The van der Waals surface area contributed by atoms with E-state index in [1.807, 2.05) is 6.07 Å². The number of nitriles is 1. The molecule has 20 heavy (non-hydrogen) atoms. The summed E-state index contributed by atoms with van der Waals surface area (Å²) in [5.41, 5.74) is 0.524.